The lowest BCUT2D eigenvalue weighted by atomic mass is 10.1. The highest BCUT2D eigenvalue weighted by Crippen LogP contribution is 2.34. The molecule has 0 unspecified atom stereocenters. The summed E-state index contributed by atoms with van der Waals surface area (Å²) < 4.78 is 10.5. The van der Waals surface area contributed by atoms with E-state index in [9.17, 15) is 9.59 Å². The van der Waals surface area contributed by atoms with Crippen molar-refractivity contribution in [2.24, 2.45) is 0 Å². The van der Waals surface area contributed by atoms with Crippen molar-refractivity contribution < 1.29 is 14.3 Å². The molecule has 6 nitrogen and oxygen atoms in total. The van der Waals surface area contributed by atoms with Crippen molar-refractivity contribution in [2.75, 3.05) is 12.1 Å². The highest BCUT2D eigenvalue weighted by atomic mass is 16.7. The molecule has 2 aromatic carbocycles. The molecule has 0 bridgehead atoms. The number of nitrogens with one attached hydrogen (secondary N) is 2. The van der Waals surface area contributed by atoms with Crippen LogP contribution in [-0.4, -0.2) is 17.7 Å². The number of anilines is 1. The Bertz CT molecular complexity index is 1050. The number of aromatic nitrogens is 1. The SMILES string of the molecule is O=C(/C=C/c1cc2ccccc2[nH]c1=O)Nc1ccc2c(c1)OCO2. The summed E-state index contributed by atoms with van der Waals surface area (Å²) in [7, 11) is 0. The Morgan fingerprint density at radius 1 is 1.08 bits per heavy atom. The average molecular weight is 334 g/mol. The predicted molar refractivity (Wildman–Crippen MR) is 94.8 cm³/mol. The Kier molecular flexibility index (Phi) is 3.70. The first-order valence-corrected chi connectivity index (χ1v) is 7.70. The molecule has 0 radical (unpaired) electrons. The van der Waals surface area contributed by atoms with E-state index in [1.807, 2.05) is 24.3 Å². The topological polar surface area (TPSA) is 80.4 Å². The molecule has 25 heavy (non-hydrogen) atoms. The number of amides is 1. The van der Waals surface area contributed by atoms with Gasteiger partial charge in [0.2, 0.25) is 12.7 Å². The summed E-state index contributed by atoms with van der Waals surface area (Å²) in [6, 6.07) is 14.4. The van der Waals surface area contributed by atoms with Crippen LogP contribution >= 0.6 is 0 Å². The van der Waals surface area contributed by atoms with Gasteiger partial charge in [-0.3, -0.25) is 9.59 Å². The van der Waals surface area contributed by atoms with Crippen LogP contribution in [0.2, 0.25) is 0 Å². The number of para-hydroxylation sites is 1. The second-order valence-corrected chi connectivity index (χ2v) is 5.53. The zero-order chi connectivity index (χ0) is 17.2. The number of H-pyrrole nitrogens is 1. The first-order chi connectivity index (χ1) is 12.2. The molecule has 1 aliphatic heterocycles. The van der Waals surface area contributed by atoms with Crippen LogP contribution in [0.25, 0.3) is 17.0 Å². The molecular weight excluding hydrogens is 320 g/mol. The van der Waals surface area contributed by atoms with Crippen LogP contribution in [0.1, 0.15) is 5.56 Å². The summed E-state index contributed by atoms with van der Waals surface area (Å²) in [5, 5.41) is 3.63. The summed E-state index contributed by atoms with van der Waals surface area (Å²) in [6.45, 7) is 0.178. The molecule has 4 rings (SSSR count). The van der Waals surface area contributed by atoms with Gasteiger partial charge < -0.3 is 19.8 Å². The summed E-state index contributed by atoms with van der Waals surface area (Å²) in [4.78, 5) is 26.9. The van der Waals surface area contributed by atoms with E-state index >= 15 is 0 Å². The maximum atomic E-state index is 12.1. The van der Waals surface area contributed by atoms with Gasteiger partial charge in [-0.05, 0) is 35.7 Å². The summed E-state index contributed by atoms with van der Waals surface area (Å²) in [5.74, 6) is 0.899. The zero-order valence-electron chi connectivity index (χ0n) is 13.1. The number of fused-ring (bicyclic) bond motifs is 2. The van der Waals surface area contributed by atoms with Gasteiger partial charge >= 0.3 is 0 Å². The number of hydrogen-bond donors (Lipinski definition) is 2. The largest absolute Gasteiger partial charge is 0.454 e. The van der Waals surface area contributed by atoms with E-state index in [4.69, 9.17) is 9.47 Å². The Hall–Kier alpha value is -3.54. The monoisotopic (exact) mass is 334 g/mol. The molecule has 0 aliphatic carbocycles. The molecule has 1 amide bonds. The van der Waals surface area contributed by atoms with Gasteiger partial charge in [-0.1, -0.05) is 18.2 Å². The van der Waals surface area contributed by atoms with Crippen molar-refractivity contribution in [2.45, 2.75) is 0 Å². The molecule has 2 heterocycles. The molecule has 0 fully saturated rings. The number of carbonyl (C=O) groups is 1. The van der Waals surface area contributed by atoms with Gasteiger partial charge in [0, 0.05) is 28.9 Å². The van der Waals surface area contributed by atoms with E-state index in [0.29, 0.717) is 22.7 Å². The minimum atomic E-state index is -0.341. The van der Waals surface area contributed by atoms with Crippen molar-refractivity contribution >= 4 is 28.6 Å². The molecule has 0 saturated carbocycles. The second kappa shape index (κ2) is 6.16. The van der Waals surface area contributed by atoms with Crippen molar-refractivity contribution in [3.63, 3.8) is 0 Å². The zero-order valence-corrected chi connectivity index (χ0v) is 13.1. The fourth-order valence-corrected chi connectivity index (χ4v) is 2.61. The highest BCUT2D eigenvalue weighted by molar-refractivity contribution is 6.02. The van der Waals surface area contributed by atoms with Crippen LogP contribution in [0, 0.1) is 0 Å². The molecule has 0 atom stereocenters. The highest BCUT2D eigenvalue weighted by Gasteiger charge is 2.13. The van der Waals surface area contributed by atoms with Crippen LogP contribution in [0.4, 0.5) is 5.69 Å². The van der Waals surface area contributed by atoms with Crippen LogP contribution in [0.3, 0.4) is 0 Å². The Morgan fingerprint density at radius 2 is 1.92 bits per heavy atom. The number of aromatic amines is 1. The third-order valence-corrected chi connectivity index (χ3v) is 3.84. The van der Waals surface area contributed by atoms with Crippen LogP contribution in [0.15, 0.2) is 59.4 Å². The predicted octanol–water partition coefficient (Wildman–Crippen LogP) is 2.91. The van der Waals surface area contributed by atoms with E-state index in [1.54, 1.807) is 24.3 Å². The van der Waals surface area contributed by atoms with Gasteiger partial charge in [-0.15, -0.1) is 0 Å². The summed E-state index contributed by atoms with van der Waals surface area (Å²) in [5.41, 5.74) is 1.52. The minimum absolute atomic E-state index is 0.178. The quantitative estimate of drug-likeness (QED) is 0.722. The number of benzene rings is 2. The Labute approximate surface area is 142 Å². The van der Waals surface area contributed by atoms with E-state index in [1.165, 1.54) is 12.2 Å². The minimum Gasteiger partial charge on any atom is -0.454 e. The Balaban J connectivity index is 1.52. The molecule has 0 saturated heterocycles. The fraction of sp³-hybridized carbons (Fsp3) is 0.0526. The fourth-order valence-electron chi connectivity index (χ4n) is 2.61. The number of rotatable bonds is 3. The summed E-state index contributed by atoms with van der Waals surface area (Å²) in [6.07, 6.45) is 2.82. The second-order valence-electron chi connectivity index (χ2n) is 5.53. The lowest BCUT2D eigenvalue weighted by Gasteiger charge is -2.03. The average Bonchev–Trinajstić information content (AvgIpc) is 3.07. The number of pyridine rings is 1. The lowest BCUT2D eigenvalue weighted by molar-refractivity contribution is -0.111. The summed E-state index contributed by atoms with van der Waals surface area (Å²) >= 11 is 0. The normalized spacial score (nSPS) is 12.6. The third-order valence-electron chi connectivity index (χ3n) is 3.84. The first-order valence-electron chi connectivity index (χ1n) is 7.70. The molecule has 2 N–H and O–H groups in total. The van der Waals surface area contributed by atoms with Gasteiger partial charge in [0.15, 0.2) is 11.5 Å². The maximum absolute atomic E-state index is 12.1. The maximum Gasteiger partial charge on any atom is 0.255 e. The molecule has 6 heteroatoms. The first kappa shape index (κ1) is 15.0. The van der Waals surface area contributed by atoms with Crippen LogP contribution < -0.4 is 20.3 Å². The standard InChI is InChI=1S/C19H14N2O4/c22-18(20-14-6-7-16-17(10-14)25-11-24-16)8-5-13-9-12-3-1-2-4-15(12)21-19(13)23/h1-10H,11H2,(H,20,22)(H,21,23)/b8-5+. The van der Waals surface area contributed by atoms with E-state index in [-0.39, 0.29) is 18.3 Å². The van der Waals surface area contributed by atoms with Crippen LogP contribution in [-0.2, 0) is 4.79 Å². The van der Waals surface area contributed by atoms with Gasteiger partial charge in [-0.25, -0.2) is 0 Å². The van der Waals surface area contributed by atoms with Gasteiger partial charge in [-0.2, -0.15) is 0 Å². The van der Waals surface area contributed by atoms with E-state index in [2.05, 4.69) is 10.3 Å². The number of hydrogen-bond acceptors (Lipinski definition) is 4. The van der Waals surface area contributed by atoms with Gasteiger partial charge in [0.05, 0.1) is 0 Å². The number of ether oxygens (including phenoxy) is 2. The smallest absolute Gasteiger partial charge is 0.255 e. The van der Waals surface area contributed by atoms with Crippen molar-refractivity contribution in [1.29, 1.82) is 0 Å². The van der Waals surface area contributed by atoms with Crippen molar-refractivity contribution in [3.05, 3.63) is 70.5 Å². The van der Waals surface area contributed by atoms with Crippen LogP contribution in [0.5, 0.6) is 11.5 Å². The molecule has 3 aromatic rings. The third kappa shape index (κ3) is 3.10. The van der Waals surface area contributed by atoms with Crippen molar-refractivity contribution in [3.8, 4) is 11.5 Å². The van der Waals surface area contributed by atoms with E-state index in [0.717, 1.165) is 10.9 Å². The molecule has 1 aromatic heterocycles. The van der Waals surface area contributed by atoms with Crippen molar-refractivity contribution in [1.82, 2.24) is 4.98 Å². The molecule has 1 aliphatic rings. The lowest BCUT2D eigenvalue weighted by Crippen LogP contribution is -2.11. The van der Waals surface area contributed by atoms with Gasteiger partial charge in [0.1, 0.15) is 0 Å². The number of carbonyl (C=O) groups excluding carboxylic acids is 1. The molecule has 0 spiro atoms. The molecule has 124 valence electrons. The van der Waals surface area contributed by atoms with Gasteiger partial charge in [0.25, 0.3) is 5.56 Å². The van der Waals surface area contributed by atoms with E-state index < -0.39 is 0 Å². The molecular formula is C19H14N2O4. The Morgan fingerprint density at radius 3 is 2.84 bits per heavy atom.